The van der Waals surface area contributed by atoms with Crippen LogP contribution in [0.2, 0.25) is 0 Å². The molecule has 0 amide bonds. The summed E-state index contributed by atoms with van der Waals surface area (Å²) in [6, 6.07) is 15.2. The first-order valence-corrected chi connectivity index (χ1v) is 9.57. The van der Waals surface area contributed by atoms with Crippen LogP contribution in [-0.2, 0) is 11.3 Å². The molecule has 3 aromatic rings. The van der Waals surface area contributed by atoms with Gasteiger partial charge in [-0.05, 0) is 55.2 Å². The van der Waals surface area contributed by atoms with Gasteiger partial charge in [0.1, 0.15) is 16.9 Å². The number of rotatable bonds is 7. The fourth-order valence-electron chi connectivity index (χ4n) is 3.39. The monoisotopic (exact) mass is 393 g/mol. The second-order valence-corrected chi connectivity index (χ2v) is 6.90. The van der Waals surface area contributed by atoms with Crippen LogP contribution in [0.3, 0.4) is 0 Å². The van der Waals surface area contributed by atoms with E-state index in [1.165, 1.54) is 0 Å². The van der Waals surface area contributed by atoms with Gasteiger partial charge >= 0.3 is 5.63 Å². The van der Waals surface area contributed by atoms with Crippen LogP contribution in [0.4, 0.5) is 0 Å². The van der Waals surface area contributed by atoms with E-state index in [-0.39, 0.29) is 5.63 Å². The summed E-state index contributed by atoms with van der Waals surface area (Å²) >= 11 is 0. The third-order valence-corrected chi connectivity index (χ3v) is 5.01. The summed E-state index contributed by atoms with van der Waals surface area (Å²) in [5.41, 5.74) is 6.42. The van der Waals surface area contributed by atoms with Crippen LogP contribution in [0, 0.1) is 0 Å². The van der Waals surface area contributed by atoms with Crippen molar-refractivity contribution in [1.29, 1.82) is 0 Å². The van der Waals surface area contributed by atoms with Crippen molar-refractivity contribution in [2.75, 3.05) is 13.7 Å². The van der Waals surface area contributed by atoms with Gasteiger partial charge < -0.3 is 18.7 Å². The molecule has 6 heteroatoms. The first-order chi connectivity index (χ1) is 14.2. The maximum absolute atomic E-state index is 12.5. The highest BCUT2D eigenvalue weighted by Gasteiger charge is 2.24. The second-order valence-electron chi connectivity index (χ2n) is 6.90. The van der Waals surface area contributed by atoms with Gasteiger partial charge in [-0.1, -0.05) is 24.3 Å². The standard InChI is InChI=1S/C23H23NO5/c1-15-19(7-5-13-27-14-16-9-11-17(26-2)12-10-16)24-29-22-18-6-3-4-8-20(18)28-23(25)21(15)22/h3-4,6,8-12,24H,5,7,13-14H2,1-2H3. The highest BCUT2D eigenvalue weighted by molar-refractivity contribution is 5.89. The van der Waals surface area contributed by atoms with Gasteiger partial charge in [-0.25, -0.2) is 10.3 Å². The average molecular weight is 393 g/mol. The lowest BCUT2D eigenvalue weighted by atomic mass is 10.0. The molecule has 0 saturated heterocycles. The number of nitrogens with one attached hydrogen (secondary N) is 1. The smallest absolute Gasteiger partial charge is 0.347 e. The van der Waals surface area contributed by atoms with Gasteiger partial charge in [-0.3, -0.25) is 0 Å². The molecule has 1 N–H and O–H groups in total. The molecule has 2 heterocycles. The Balaban J connectivity index is 1.39. The van der Waals surface area contributed by atoms with E-state index < -0.39 is 0 Å². The Morgan fingerprint density at radius 3 is 2.66 bits per heavy atom. The molecule has 0 saturated carbocycles. The minimum atomic E-state index is -0.383. The number of hydrogen-bond donors (Lipinski definition) is 1. The summed E-state index contributed by atoms with van der Waals surface area (Å²) in [5.74, 6) is 1.35. The molecule has 1 aliphatic rings. The molecule has 6 nitrogen and oxygen atoms in total. The van der Waals surface area contributed by atoms with Gasteiger partial charge in [0.05, 0.1) is 24.8 Å². The fourth-order valence-corrected chi connectivity index (χ4v) is 3.39. The van der Waals surface area contributed by atoms with Crippen molar-refractivity contribution in [3.8, 4) is 11.5 Å². The largest absolute Gasteiger partial charge is 0.497 e. The van der Waals surface area contributed by atoms with Crippen molar-refractivity contribution in [3.63, 3.8) is 0 Å². The SMILES string of the molecule is COc1ccc(COCCCC2=C(C)c3c(c4ccccc4oc3=O)ON2)cc1. The maximum atomic E-state index is 12.5. The Hall–Kier alpha value is -3.25. The van der Waals surface area contributed by atoms with Crippen LogP contribution in [-0.4, -0.2) is 13.7 Å². The van der Waals surface area contributed by atoms with E-state index in [0.29, 0.717) is 36.5 Å². The predicted molar refractivity (Wildman–Crippen MR) is 111 cm³/mol. The second kappa shape index (κ2) is 8.41. The maximum Gasteiger partial charge on any atom is 0.347 e. The first-order valence-electron chi connectivity index (χ1n) is 9.57. The highest BCUT2D eigenvalue weighted by atomic mass is 16.6. The van der Waals surface area contributed by atoms with E-state index in [9.17, 15) is 4.79 Å². The summed E-state index contributed by atoms with van der Waals surface area (Å²) in [7, 11) is 1.65. The molecule has 0 bridgehead atoms. The Morgan fingerprint density at radius 2 is 1.86 bits per heavy atom. The quantitative estimate of drug-likeness (QED) is 0.473. The molecule has 0 radical (unpaired) electrons. The van der Waals surface area contributed by atoms with E-state index in [2.05, 4.69) is 5.48 Å². The number of hydroxylamine groups is 1. The van der Waals surface area contributed by atoms with Gasteiger partial charge in [0.15, 0.2) is 5.75 Å². The molecule has 150 valence electrons. The summed E-state index contributed by atoms with van der Waals surface area (Å²) < 4.78 is 16.4. The van der Waals surface area contributed by atoms with E-state index in [1.807, 2.05) is 49.4 Å². The fraction of sp³-hybridized carbons (Fsp3) is 0.261. The van der Waals surface area contributed by atoms with Crippen molar-refractivity contribution >= 4 is 16.5 Å². The average Bonchev–Trinajstić information content (AvgIpc) is 2.75. The molecule has 0 aliphatic carbocycles. The van der Waals surface area contributed by atoms with E-state index >= 15 is 0 Å². The van der Waals surface area contributed by atoms with E-state index in [4.69, 9.17) is 18.7 Å². The molecule has 0 unspecified atom stereocenters. The Morgan fingerprint density at radius 1 is 1.07 bits per heavy atom. The third-order valence-electron chi connectivity index (χ3n) is 5.01. The number of methoxy groups -OCH3 is 1. The zero-order valence-electron chi connectivity index (χ0n) is 16.5. The molecular weight excluding hydrogens is 370 g/mol. The molecular formula is C23H23NO5. The Kier molecular flexibility index (Phi) is 5.53. The summed E-state index contributed by atoms with van der Waals surface area (Å²) in [6.07, 6.45) is 1.51. The highest BCUT2D eigenvalue weighted by Crippen LogP contribution is 2.35. The number of para-hydroxylation sites is 1. The van der Waals surface area contributed by atoms with Crippen LogP contribution in [0.15, 0.2) is 63.4 Å². The van der Waals surface area contributed by atoms with Crippen molar-refractivity contribution in [2.24, 2.45) is 0 Å². The first kappa shape index (κ1) is 19.1. The van der Waals surface area contributed by atoms with Crippen LogP contribution in [0.25, 0.3) is 16.5 Å². The van der Waals surface area contributed by atoms with Crippen molar-refractivity contribution in [1.82, 2.24) is 5.48 Å². The van der Waals surface area contributed by atoms with Crippen LogP contribution in [0.1, 0.15) is 30.9 Å². The molecule has 29 heavy (non-hydrogen) atoms. The zero-order chi connectivity index (χ0) is 20.2. The Bertz CT molecular complexity index is 1100. The third kappa shape index (κ3) is 3.98. The van der Waals surface area contributed by atoms with Crippen molar-refractivity contribution in [2.45, 2.75) is 26.4 Å². The number of benzene rings is 2. The van der Waals surface area contributed by atoms with Gasteiger partial charge in [-0.2, -0.15) is 0 Å². The van der Waals surface area contributed by atoms with Gasteiger partial charge in [0, 0.05) is 6.61 Å². The van der Waals surface area contributed by atoms with Crippen LogP contribution >= 0.6 is 0 Å². The van der Waals surface area contributed by atoms with Gasteiger partial charge in [0.2, 0.25) is 0 Å². The molecule has 0 atom stereocenters. The molecule has 0 spiro atoms. The van der Waals surface area contributed by atoms with E-state index in [1.54, 1.807) is 13.2 Å². The lowest BCUT2D eigenvalue weighted by Gasteiger charge is -2.23. The van der Waals surface area contributed by atoms with Crippen molar-refractivity contribution in [3.05, 3.63) is 75.8 Å². The number of fused-ring (bicyclic) bond motifs is 3. The van der Waals surface area contributed by atoms with Crippen LogP contribution in [0.5, 0.6) is 11.5 Å². The summed E-state index contributed by atoms with van der Waals surface area (Å²) in [4.78, 5) is 18.2. The lowest BCUT2D eigenvalue weighted by molar-refractivity contribution is 0.116. The minimum absolute atomic E-state index is 0.383. The molecule has 1 aliphatic heterocycles. The van der Waals surface area contributed by atoms with Crippen molar-refractivity contribution < 1.29 is 18.7 Å². The number of allylic oxidation sites excluding steroid dienone is 2. The topological polar surface area (TPSA) is 69.9 Å². The molecule has 2 aromatic carbocycles. The molecule has 1 aromatic heterocycles. The minimum Gasteiger partial charge on any atom is -0.497 e. The molecule has 4 rings (SSSR count). The van der Waals surface area contributed by atoms with Gasteiger partial charge in [0.25, 0.3) is 0 Å². The zero-order valence-corrected chi connectivity index (χ0v) is 16.5. The summed E-state index contributed by atoms with van der Waals surface area (Å²) in [5, 5.41) is 0.774. The van der Waals surface area contributed by atoms with E-state index in [0.717, 1.165) is 34.4 Å². The summed E-state index contributed by atoms with van der Waals surface area (Å²) in [6.45, 7) is 3.06. The number of hydrogen-bond acceptors (Lipinski definition) is 6. The predicted octanol–water partition coefficient (Wildman–Crippen LogP) is 4.43. The van der Waals surface area contributed by atoms with Crippen LogP contribution < -0.4 is 20.7 Å². The normalized spacial score (nSPS) is 13.0. The van der Waals surface area contributed by atoms with Gasteiger partial charge in [-0.15, -0.1) is 0 Å². The molecule has 0 fully saturated rings. The Labute approximate surface area is 168 Å². The lowest BCUT2D eigenvalue weighted by Crippen LogP contribution is -2.27. The number of ether oxygens (including phenoxy) is 2.